The number of benzene rings is 2. The zero-order valence-electron chi connectivity index (χ0n) is 18.2. The fourth-order valence-electron chi connectivity index (χ4n) is 5.19. The van der Waals surface area contributed by atoms with Gasteiger partial charge in [-0.1, -0.05) is 24.3 Å². The highest BCUT2D eigenvalue weighted by molar-refractivity contribution is 5.77. The van der Waals surface area contributed by atoms with Gasteiger partial charge in [0.25, 0.3) is 0 Å². The number of anilines is 1. The molecule has 5 rings (SSSR count). The van der Waals surface area contributed by atoms with Gasteiger partial charge in [-0.25, -0.2) is 0 Å². The van der Waals surface area contributed by atoms with E-state index < -0.39 is 6.10 Å². The van der Waals surface area contributed by atoms with E-state index in [1.807, 2.05) is 37.2 Å². The lowest BCUT2D eigenvalue weighted by atomic mass is 9.84. The Hall–Kier alpha value is -2.57. The Morgan fingerprint density at radius 2 is 2.00 bits per heavy atom. The highest BCUT2D eigenvalue weighted by Gasteiger charge is 2.46. The lowest BCUT2D eigenvalue weighted by molar-refractivity contribution is -0.149. The van der Waals surface area contributed by atoms with Crippen molar-refractivity contribution in [1.82, 2.24) is 4.90 Å². The number of amides is 1. The normalized spacial score (nSPS) is 26.5. The van der Waals surface area contributed by atoms with Gasteiger partial charge in [-0.05, 0) is 42.2 Å². The predicted molar refractivity (Wildman–Crippen MR) is 118 cm³/mol. The summed E-state index contributed by atoms with van der Waals surface area (Å²) in [7, 11) is 4.04. The minimum Gasteiger partial charge on any atom is -0.487 e. The smallest absolute Gasteiger partial charge is 0.225 e. The number of nitrogens with zero attached hydrogens (tertiary/aromatic N) is 2. The van der Waals surface area contributed by atoms with E-state index in [1.165, 1.54) is 11.1 Å². The summed E-state index contributed by atoms with van der Waals surface area (Å²) in [5.74, 6) is 1.11. The van der Waals surface area contributed by atoms with Crippen LogP contribution in [-0.4, -0.2) is 61.5 Å². The molecule has 3 aliphatic heterocycles. The first-order valence-corrected chi connectivity index (χ1v) is 11.1. The van der Waals surface area contributed by atoms with Crippen LogP contribution in [0.3, 0.4) is 0 Å². The van der Waals surface area contributed by atoms with Crippen molar-refractivity contribution in [3.8, 4) is 5.75 Å². The van der Waals surface area contributed by atoms with Gasteiger partial charge >= 0.3 is 0 Å². The first-order valence-electron chi connectivity index (χ1n) is 11.1. The van der Waals surface area contributed by atoms with E-state index in [2.05, 4.69) is 29.2 Å². The number of rotatable bonds is 4. The highest BCUT2D eigenvalue weighted by atomic mass is 16.6. The summed E-state index contributed by atoms with van der Waals surface area (Å²) in [6, 6.07) is 14.5. The zero-order chi connectivity index (χ0) is 21.5. The van der Waals surface area contributed by atoms with Crippen LogP contribution in [0.15, 0.2) is 42.5 Å². The molecule has 0 spiro atoms. The van der Waals surface area contributed by atoms with Crippen LogP contribution in [0.1, 0.15) is 35.4 Å². The highest BCUT2D eigenvalue weighted by Crippen LogP contribution is 2.47. The molecule has 0 aromatic heterocycles. The fraction of sp³-hybridized carbons (Fsp3) is 0.480. The largest absolute Gasteiger partial charge is 0.487 e. The van der Waals surface area contributed by atoms with Crippen molar-refractivity contribution < 1.29 is 19.4 Å². The van der Waals surface area contributed by atoms with E-state index in [0.717, 1.165) is 36.4 Å². The Labute approximate surface area is 183 Å². The molecule has 1 fully saturated rings. The van der Waals surface area contributed by atoms with Crippen molar-refractivity contribution in [2.24, 2.45) is 0 Å². The van der Waals surface area contributed by atoms with Gasteiger partial charge in [0.15, 0.2) is 0 Å². The SMILES string of the molecule is CN(C)c1ccc2c(c1)[C@H]1C[C@@H](CC(=O)N3CCc4ccccc4C3)O[C@@H](CO)[C@H]1O2. The van der Waals surface area contributed by atoms with Gasteiger partial charge in [0, 0.05) is 44.4 Å². The molecular formula is C25H30N2O4. The number of aliphatic hydroxyl groups excluding tert-OH is 1. The maximum atomic E-state index is 13.1. The number of ether oxygens (including phenoxy) is 2. The van der Waals surface area contributed by atoms with Crippen molar-refractivity contribution in [1.29, 1.82) is 0 Å². The molecule has 0 unspecified atom stereocenters. The van der Waals surface area contributed by atoms with Crippen molar-refractivity contribution >= 4 is 11.6 Å². The van der Waals surface area contributed by atoms with Crippen molar-refractivity contribution in [3.63, 3.8) is 0 Å². The first-order chi connectivity index (χ1) is 15.0. The molecule has 6 heteroatoms. The molecule has 164 valence electrons. The Balaban J connectivity index is 1.31. The molecule has 0 saturated carbocycles. The van der Waals surface area contributed by atoms with Gasteiger partial charge in [-0.2, -0.15) is 0 Å². The number of carbonyl (C=O) groups is 1. The van der Waals surface area contributed by atoms with E-state index in [1.54, 1.807) is 0 Å². The molecule has 2 aromatic carbocycles. The molecule has 6 nitrogen and oxygen atoms in total. The van der Waals surface area contributed by atoms with Crippen LogP contribution in [-0.2, 0) is 22.5 Å². The molecule has 2 aromatic rings. The van der Waals surface area contributed by atoms with E-state index in [0.29, 0.717) is 13.0 Å². The summed E-state index contributed by atoms with van der Waals surface area (Å²) in [5, 5.41) is 9.96. The minimum absolute atomic E-state index is 0.114. The number of fused-ring (bicyclic) bond motifs is 4. The van der Waals surface area contributed by atoms with Gasteiger partial charge in [-0.3, -0.25) is 4.79 Å². The average Bonchev–Trinajstić information content (AvgIpc) is 3.16. The molecule has 1 amide bonds. The third-order valence-corrected chi connectivity index (χ3v) is 6.88. The van der Waals surface area contributed by atoms with Crippen LogP contribution < -0.4 is 9.64 Å². The molecule has 1 saturated heterocycles. The van der Waals surface area contributed by atoms with Crippen LogP contribution >= 0.6 is 0 Å². The van der Waals surface area contributed by atoms with Gasteiger partial charge in [0.05, 0.1) is 19.1 Å². The molecule has 0 bridgehead atoms. The summed E-state index contributed by atoms with van der Waals surface area (Å²) in [6.45, 7) is 1.29. The van der Waals surface area contributed by atoms with Crippen LogP contribution in [0, 0.1) is 0 Å². The van der Waals surface area contributed by atoms with E-state index in [-0.39, 0.29) is 30.6 Å². The number of hydrogen-bond donors (Lipinski definition) is 1. The summed E-state index contributed by atoms with van der Waals surface area (Å²) in [6.07, 6.45) is 1.11. The van der Waals surface area contributed by atoms with Crippen LogP contribution in [0.5, 0.6) is 5.75 Å². The van der Waals surface area contributed by atoms with E-state index >= 15 is 0 Å². The third-order valence-electron chi connectivity index (χ3n) is 6.88. The third kappa shape index (κ3) is 3.79. The summed E-state index contributed by atoms with van der Waals surface area (Å²) in [4.78, 5) is 17.1. The van der Waals surface area contributed by atoms with Gasteiger partial charge in [-0.15, -0.1) is 0 Å². The monoisotopic (exact) mass is 422 g/mol. The minimum atomic E-state index is -0.422. The number of carbonyl (C=O) groups excluding carboxylic acids is 1. The average molecular weight is 423 g/mol. The molecular weight excluding hydrogens is 392 g/mol. The van der Waals surface area contributed by atoms with Gasteiger partial charge < -0.3 is 24.4 Å². The van der Waals surface area contributed by atoms with Crippen molar-refractivity contribution in [2.75, 3.05) is 32.1 Å². The predicted octanol–water partition coefficient (Wildman–Crippen LogP) is 2.72. The van der Waals surface area contributed by atoms with Crippen molar-refractivity contribution in [2.45, 2.75) is 50.0 Å². The standard InChI is InChI=1S/C25H30N2O4/c1-26(2)18-7-8-22-20(11-18)21-12-19(30-23(15-28)25(21)31-22)13-24(29)27-10-9-16-5-3-4-6-17(16)14-27/h3-8,11,19,21,23,25,28H,9-10,12-15H2,1-2H3/t19-,21+,23-,25-/m0/s1. The molecule has 4 atom stereocenters. The maximum absolute atomic E-state index is 13.1. The second-order valence-electron chi connectivity index (χ2n) is 9.06. The molecule has 3 heterocycles. The summed E-state index contributed by atoms with van der Waals surface area (Å²) < 4.78 is 12.3. The lowest BCUT2D eigenvalue weighted by Crippen LogP contribution is -2.48. The van der Waals surface area contributed by atoms with Gasteiger partial charge in [0.2, 0.25) is 5.91 Å². The molecule has 0 radical (unpaired) electrons. The summed E-state index contributed by atoms with van der Waals surface area (Å²) in [5.41, 5.74) is 4.84. The number of aliphatic hydroxyl groups is 1. The molecule has 3 aliphatic rings. The van der Waals surface area contributed by atoms with Crippen LogP contribution in [0.4, 0.5) is 5.69 Å². The fourth-order valence-corrected chi connectivity index (χ4v) is 5.19. The zero-order valence-corrected chi connectivity index (χ0v) is 18.2. The quantitative estimate of drug-likeness (QED) is 0.821. The van der Waals surface area contributed by atoms with Gasteiger partial charge in [0.1, 0.15) is 18.0 Å². The van der Waals surface area contributed by atoms with E-state index in [4.69, 9.17) is 9.47 Å². The van der Waals surface area contributed by atoms with Crippen molar-refractivity contribution in [3.05, 3.63) is 59.2 Å². The Kier molecular flexibility index (Phi) is 5.36. The molecule has 31 heavy (non-hydrogen) atoms. The summed E-state index contributed by atoms with van der Waals surface area (Å²) >= 11 is 0. The van der Waals surface area contributed by atoms with E-state index in [9.17, 15) is 9.90 Å². The molecule has 1 N–H and O–H groups in total. The Bertz CT molecular complexity index is 976. The second-order valence-corrected chi connectivity index (χ2v) is 9.06. The Morgan fingerprint density at radius 1 is 1.19 bits per heavy atom. The lowest BCUT2D eigenvalue weighted by Gasteiger charge is -2.38. The topological polar surface area (TPSA) is 62.2 Å². The molecule has 0 aliphatic carbocycles. The van der Waals surface area contributed by atoms with Crippen LogP contribution in [0.25, 0.3) is 0 Å². The second kappa shape index (κ2) is 8.17. The maximum Gasteiger partial charge on any atom is 0.225 e. The number of hydrogen-bond acceptors (Lipinski definition) is 5. The first kappa shape index (κ1) is 20.3. The van der Waals surface area contributed by atoms with Crippen LogP contribution in [0.2, 0.25) is 0 Å². The Morgan fingerprint density at radius 3 is 2.77 bits per heavy atom.